The van der Waals surface area contributed by atoms with E-state index >= 15 is 0 Å². The highest BCUT2D eigenvalue weighted by Gasteiger charge is 2.31. The maximum absolute atomic E-state index is 5.62. The van der Waals surface area contributed by atoms with Crippen LogP contribution >= 0.6 is 0 Å². The molecule has 0 aromatic carbocycles. The number of hydrogen-bond donors (Lipinski definition) is 1. The van der Waals surface area contributed by atoms with Gasteiger partial charge in [-0.2, -0.15) is 0 Å². The van der Waals surface area contributed by atoms with Crippen LogP contribution in [0.4, 0.5) is 0 Å². The molecule has 11 heavy (non-hydrogen) atoms. The Balaban J connectivity index is 2.40. The summed E-state index contributed by atoms with van der Waals surface area (Å²) < 4.78 is 0. The first-order chi connectivity index (χ1) is 5.33. The van der Waals surface area contributed by atoms with E-state index in [1.807, 2.05) is 0 Å². The van der Waals surface area contributed by atoms with E-state index in [0.717, 1.165) is 6.54 Å². The molecule has 1 rings (SSSR count). The van der Waals surface area contributed by atoms with Gasteiger partial charge >= 0.3 is 0 Å². The van der Waals surface area contributed by atoms with E-state index < -0.39 is 0 Å². The van der Waals surface area contributed by atoms with E-state index in [9.17, 15) is 0 Å². The molecule has 0 aliphatic heterocycles. The molecule has 1 nitrogen and oxygen atoms in total. The van der Waals surface area contributed by atoms with Gasteiger partial charge in [0.05, 0.1) is 0 Å². The fourth-order valence-corrected chi connectivity index (χ4v) is 2.59. The van der Waals surface area contributed by atoms with E-state index in [-0.39, 0.29) is 0 Å². The van der Waals surface area contributed by atoms with Crippen molar-refractivity contribution in [2.75, 3.05) is 6.54 Å². The highest BCUT2D eigenvalue weighted by Crippen LogP contribution is 2.44. The van der Waals surface area contributed by atoms with Crippen molar-refractivity contribution in [1.29, 1.82) is 0 Å². The summed E-state index contributed by atoms with van der Waals surface area (Å²) in [6.07, 6.45) is 9.78. The molecule has 0 amide bonds. The van der Waals surface area contributed by atoms with Crippen molar-refractivity contribution in [2.45, 2.75) is 51.9 Å². The molecule has 0 aromatic rings. The maximum atomic E-state index is 5.62. The molecular weight excluding hydrogens is 134 g/mol. The smallest absolute Gasteiger partial charge is 0.00720 e. The van der Waals surface area contributed by atoms with Gasteiger partial charge in [-0.05, 0) is 37.6 Å². The Morgan fingerprint density at radius 3 is 2.27 bits per heavy atom. The predicted octanol–water partition coefficient (Wildman–Crippen LogP) is 2.70. The zero-order valence-corrected chi connectivity index (χ0v) is 7.73. The van der Waals surface area contributed by atoms with Crippen LogP contribution in [0.15, 0.2) is 0 Å². The van der Waals surface area contributed by atoms with E-state index in [4.69, 9.17) is 5.73 Å². The fraction of sp³-hybridized carbons (Fsp3) is 1.00. The Morgan fingerprint density at radius 2 is 1.82 bits per heavy atom. The molecule has 0 saturated heterocycles. The molecule has 1 aliphatic carbocycles. The maximum Gasteiger partial charge on any atom is -0.00720 e. The summed E-state index contributed by atoms with van der Waals surface area (Å²) in [5.41, 5.74) is 6.29. The lowest BCUT2D eigenvalue weighted by Gasteiger charge is -2.27. The summed E-state index contributed by atoms with van der Waals surface area (Å²) in [4.78, 5) is 0. The van der Waals surface area contributed by atoms with Crippen molar-refractivity contribution < 1.29 is 0 Å². The molecule has 0 spiro atoms. The minimum Gasteiger partial charge on any atom is -0.330 e. The van der Waals surface area contributed by atoms with Crippen LogP contribution in [-0.2, 0) is 0 Å². The third kappa shape index (κ3) is 2.19. The predicted molar refractivity (Wildman–Crippen MR) is 49.5 cm³/mol. The Hall–Kier alpha value is -0.0400. The highest BCUT2D eigenvalue weighted by molar-refractivity contribution is 4.84. The zero-order chi connectivity index (χ0) is 8.16. The lowest BCUT2D eigenvalue weighted by Crippen LogP contribution is -2.20. The largest absolute Gasteiger partial charge is 0.330 e. The van der Waals surface area contributed by atoms with Crippen LogP contribution in [-0.4, -0.2) is 6.54 Å². The topological polar surface area (TPSA) is 26.0 Å². The third-order valence-corrected chi connectivity index (χ3v) is 3.12. The first-order valence-electron chi connectivity index (χ1n) is 5.03. The van der Waals surface area contributed by atoms with Gasteiger partial charge in [-0.3, -0.25) is 0 Å². The molecule has 1 aliphatic rings. The van der Waals surface area contributed by atoms with E-state index in [1.54, 1.807) is 0 Å². The lowest BCUT2D eigenvalue weighted by atomic mass is 9.79. The summed E-state index contributed by atoms with van der Waals surface area (Å²) in [6, 6.07) is 0. The standard InChI is InChI=1S/C10H21N/c1-2-5-10(8-9-11)6-3-4-7-10/h2-9,11H2,1H3. The van der Waals surface area contributed by atoms with Crippen molar-refractivity contribution in [2.24, 2.45) is 11.1 Å². The van der Waals surface area contributed by atoms with Gasteiger partial charge in [0, 0.05) is 0 Å². The summed E-state index contributed by atoms with van der Waals surface area (Å²) in [5.74, 6) is 0. The van der Waals surface area contributed by atoms with E-state index in [1.165, 1.54) is 44.9 Å². The van der Waals surface area contributed by atoms with E-state index in [2.05, 4.69) is 6.92 Å². The Labute approximate surface area is 70.4 Å². The quantitative estimate of drug-likeness (QED) is 0.663. The molecular formula is C10H21N. The first-order valence-corrected chi connectivity index (χ1v) is 5.03. The lowest BCUT2D eigenvalue weighted by molar-refractivity contribution is 0.250. The monoisotopic (exact) mass is 155 g/mol. The zero-order valence-electron chi connectivity index (χ0n) is 7.73. The van der Waals surface area contributed by atoms with Gasteiger partial charge < -0.3 is 5.73 Å². The number of rotatable bonds is 4. The average Bonchev–Trinajstić information content (AvgIpc) is 2.39. The Kier molecular flexibility index (Phi) is 3.38. The first kappa shape index (κ1) is 9.05. The molecule has 0 radical (unpaired) electrons. The van der Waals surface area contributed by atoms with Crippen molar-refractivity contribution in [1.82, 2.24) is 0 Å². The molecule has 0 unspecified atom stereocenters. The fourth-order valence-electron chi connectivity index (χ4n) is 2.59. The molecule has 1 fully saturated rings. The molecule has 66 valence electrons. The summed E-state index contributed by atoms with van der Waals surface area (Å²) in [7, 11) is 0. The van der Waals surface area contributed by atoms with Gasteiger partial charge in [0.2, 0.25) is 0 Å². The summed E-state index contributed by atoms with van der Waals surface area (Å²) in [6.45, 7) is 3.18. The summed E-state index contributed by atoms with van der Waals surface area (Å²) >= 11 is 0. The molecule has 1 heteroatoms. The molecule has 2 N–H and O–H groups in total. The van der Waals surface area contributed by atoms with Crippen LogP contribution in [0.5, 0.6) is 0 Å². The minimum atomic E-state index is 0.670. The van der Waals surface area contributed by atoms with Crippen LogP contribution in [0.2, 0.25) is 0 Å². The number of hydrogen-bond acceptors (Lipinski definition) is 1. The van der Waals surface area contributed by atoms with Gasteiger partial charge in [-0.25, -0.2) is 0 Å². The Bertz CT molecular complexity index is 95.4. The average molecular weight is 155 g/mol. The second-order valence-corrected chi connectivity index (χ2v) is 4.00. The third-order valence-electron chi connectivity index (χ3n) is 3.12. The van der Waals surface area contributed by atoms with E-state index in [0.29, 0.717) is 5.41 Å². The highest BCUT2D eigenvalue weighted by atomic mass is 14.5. The summed E-state index contributed by atoms with van der Waals surface area (Å²) in [5, 5.41) is 0. The van der Waals surface area contributed by atoms with Crippen LogP contribution in [0.3, 0.4) is 0 Å². The van der Waals surface area contributed by atoms with Gasteiger partial charge in [0.25, 0.3) is 0 Å². The molecule has 1 saturated carbocycles. The van der Waals surface area contributed by atoms with Crippen LogP contribution < -0.4 is 5.73 Å². The number of nitrogens with two attached hydrogens (primary N) is 1. The SMILES string of the molecule is CCCC1(CCN)CCCC1. The minimum absolute atomic E-state index is 0.670. The Morgan fingerprint density at radius 1 is 1.18 bits per heavy atom. The van der Waals surface area contributed by atoms with Crippen molar-refractivity contribution in [3.8, 4) is 0 Å². The second kappa shape index (κ2) is 4.10. The van der Waals surface area contributed by atoms with Crippen LogP contribution in [0, 0.1) is 5.41 Å². The second-order valence-electron chi connectivity index (χ2n) is 4.00. The van der Waals surface area contributed by atoms with Gasteiger partial charge in [-0.15, -0.1) is 0 Å². The van der Waals surface area contributed by atoms with Crippen molar-refractivity contribution >= 4 is 0 Å². The molecule has 0 aromatic heterocycles. The van der Waals surface area contributed by atoms with Gasteiger partial charge in [-0.1, -0.05) is 26.2 Å². The normalized spacial score (nSPS) is 22.4. The molecule has 0 bridgehead atoms. The van der Waals surface area contributed by atoms with Gasteiger partial charge in [0.15, 0.2) is 0 Å². The van der Waals surface area contributed by atoms with Crippen molar-refractivity contribution in [3.63, 3.8) is 0 Å². The van der Waals surface area contributed by atoms with Crippen LogP contribution in [0.1, 0.15) is 51.9 Å². The molecule has 0 heterocycles. The van der Waals surface area contributed by atoms with Crippen molar-refractivity contribution in [3.05, 3.63) is 0 Å². The van der Waals surface area contributed by atoms with Crippen LogP contribution in [0.25, 0.3) is 0 Å². The van der Waals surface area contributed by atoms with Gasteiger partial charge in [0.1, 0.15) is 0 Å². The molecule has 0 atom stereocenters.